The minimum Gasteiger partial charge on any atom is -0.496 e. The van der Waals surface area contributed by atoms with Gasteiger partial charge in [-0.3, -0.25) is 4.79 Å². The third kappa shape index (κ3) is 2.95. The van der Waals surface area contributed by atoms with E-state index < -0.39 is 5.91 Å². The molecule has 0 fully saturated rings. The highest BCUT2D eigenvalue weighted by atomic mass is 16.5. The Kier molecular flexibility index (Phi) is 3.68. The first-order valence-electron chi connectivity index (χ1n) is 4.73. The summed E-state index contributed by atoms with van der Waals surface area (Å²) in [5.41, 5.74) is 12.8. The fourth-order valence-corrected chi connectivity index (χ4v) is 1.47. The van der Waals surface area contributed by atoms with E-state index in [1.165, 1.54) is 0 Å². The molecule has 0 saturated carbocycles. The molecule has 4 heteroatoms. The lowest BCUT2D eigenvalue weighted by Crippen LogP contribution is -2.20. The first-order chi connectivity index (χ1) is 7.04. The van der Waals surface area contributed by atoms with Gasteiger partial charge in [-0.2, -0.15) is 0 Å². The highest BCUT2D eigenvalue weighted by Crippen LogP contribution is 2.22. The summed E-state index contributed by atoms with van der Waals surface area (Å²) in [4.78, 5) is 10.7. The predicted molar refractivity (Wildman–Crippen MR) is 58.5 cm³/mol. The van der Waals surface area contributed by atoms with E-state index in [0.717, 1.165) is 16.9 Å². The topological polar surface area (TPSA) is 78.3 Å². The molecule has 0 aromatic heterocycles. The van der Waals surface area contributed by atoms with Gasteiger partial charge >= 0.3 is 0 Å². The van der Waals surface area contributed by atoms with Gasteiger partial charge in [-0.1, -0.05) is 12.1 Å². The monoisotopic (exact) mass is 208 g/mol. The largest absolute Gasteiger partial charge is 0.496 e. The normalized spacial score (nSPS) is 12.2. The zero-order chi connectivity index (χ0) is 11.4. The minimum absolute atomic E-state index is 0.159. The highest BCUT2D eigenvalue weighted by molar-refractivity contribution is 5.74. The number of amides is 1. The molecule has 1 rings (SSSR count). The molecule has 0 radical (unpaired) electrons. The standard InChI is InChI=1S/C11H16N2O2/c1-7-5-8(3-4-10(7)15-2)9(12)6-11(13)14/h3-5,9H,6,12H2,1-2H3,(H2,13,14)/t9-/m1/s1. The van der Waals surface area contributed by atoms with E-state index in [-0.39, 0.29) is 12.5 Å². The van der Waals surface area contributed by atoms with Gasteiger partial charge < -0.3 is 16.2 Å². The Morgan fingerprint density at radius 3 is 2.67 bits per heavy atom. The smallest absolute Gasteiger partial charge is 0.219 e. The number of benzene rings is 1. The first-order valence-corrected chi connectivity index (χ1v) is 4.73. The number of ether oxygens (including phenoxy) is 1. The summed E-state index contributed by atoms with van der Waals surface area (Å²) in [6, 6.07) is 5.25. The molecule has 0 saturated heterocycles. The maximum atomic E-state index is 10.7. The van der Waals surface area contributed by atoms with Crippen LogP contribution in [0.5, 0.6) is 5.75 Å². The fraction of sp³-hybridized carbons (Fsp3) is 0.364. The van der Waals surface area contributed by atoms with E-state index in [4.69, 9.17) is 16.2 Å². The third-order valence-corrected chi connectivity index (χ3v) is 2.27. The van der Waals surface area contributed by atoms with E-state index >= 15 is 0 Å². The lowest BCUT2D eigenvalue weighted by atomic mass is 10.0. The molecule has 0 heterocycles. The van der Waals surface area contributed by atoms with Crippen molar-refractivity contribution in [3.8, 4) is 5.75 Å². The molecule has 0 aliphatic heterocycles. The molecule has 1 atom stereocenters. The summed E-state index contributed by atoms with van der Waals surface area (Å²) >= 11 is 0. The maximum Gasteiger partial charge on any atom is 0.219 e. The Bertz CT molecular complexity index is 364. The van der Waals surface area contributed by atoms with E-state index in [0.29, 0.717) is 0 Å². The summed E-state index contributed by atoms with van der Waals surface area (Å²) < 4.78 is 5.13. The van der Waals surface area contributed by atoms with Gasteiger partial charge in [-0.15, -0.1) is 0 Å². The predicted octanol–water partition coefficient (Wildman–Crippen LogP) is 0.879. The van der Waals surface area contributed by atoms with Crippen LogP contribution in [0.2, 0.25) is 0 Å². The van der Waals surface area contributed by atoms with Crippen molar-refractivity contribution in [2.24, 2.45) is 11.5 Å². The van der Waals surface area contributed by atoms with Crippen molar-refractivity contribution < 1.29 is 9.53 Å². The van der Waals surface area contributed by atoms with Gasteiger partial charge in [0.1, 0.15) is 5.75 Å². The first kappa shape index (κ1) is 11.5. The summed E-state index contributed by atoms with van der Waals surface area (Å²) in [7, 11) is 1.62. The molecule has 15 heavy (non-hydrogen) atoms. The molecule has 0 bridgehead atoms. The van der Waals surface area contributed by atoms with Crippen molar-refractivity contribution in [3.05, 3.63) is 29.3 Å². The summed E-state index contributed by atoms with van der Waals surface area (Å²) in [6.45, 7) is 1.93. The van der Waals surface area contributed by atoms with Crippen LogP contribution in [0, 0.1) is 6.92 Å². The molecule has 1 aromatic carbocycles. The lowest BCUT2D eigenvalue weighted by Gasteiger charge is -2.12. The van der Waals surface area contributed by atoms with Crippen molar-refractivity contribution in [2.45, 2.75) is 19.4 Å². The molecule has 1 aromatic rings. The van der Waals surface area contributed by atoms with E-state index in [9.17, 15) is 4.79 Å². The minimum atomic E-state index is -0.393. The number of primary amides is 1. The molecule has 0 aliphatic carbocycles. The van der Waals surface area contributed by atoms with Gasteiger partial charge in [-0.05, 0) is 24.1 Å². The molecule has 4 N–H and O–H groups in total. The molecular weight excluding hydrogens is 192 g/mol. The zero-order valence-corrected chi connectivity index (χ0v) is 8.99. The van der Waals surface area contributed by atoms with Gasteiger partial charge in [0.2, 0.25) is 5.91 Å². The second-order valence-corrected chi connectivity index (χ2v) is 3.51. The quantitative estimate of drug-likeness (QED) is 0.771. The Labute approximate surface area is 89.2 Å². The number of hydrogen-bond donors (Lipinski definition) is 2. The summed E-state index contributed by atoms with van der Waals surface area (Å²) in [6.07, 6.45) is 0.159. The third-order valence-electron chi connectivity index (χ3n) is 2.27. The van der Waals surface area contributed by atoms with Crippen LogP contribution in [-0.2, 0) is 4.79 Å². The number of methoxy groups -OCH3 is 1. The molecule has 82 valence electrons. The van der Waals surface area contributed by atoms with Gasteiger partial charge in [0.15, 0.2) is 0 Å². The lowest BCUT2D eigenvalue weighted by molar-refractivity contribution is -0.118. The van der Waals surface area contributed by atoms with E-state index in [2.05, 4.69) is 0 Å². The van der Waals surface area contributed by atoms with Crippen LogP contribution >= 0.6 is 0 Å². The molecule has 0 unspecified atom stereocenters. The van der Waals surface area contributed by atoms with Crippen molar-refractivity contribution >= 4 is 5.91 Å². The molecule has 0 spiro atoms. The van der Waals surface area contributed by atoms with Crippen molar-refractivity contribution in [1.29, 1.82) is 0 Å². The molecule has 4 nitrogen and oxygen atoms in total. The average molecular weight is 208 g/mol. The highest BCUT2D eigenvalue weighted by Gasteiger charge is 2.10. The number of carbonyl (C=O) groups excluding carboxylic acids is 1. The zero-order valence-electron chi connectivity index (χ0n) is 8.99. The summed E-state index contributed by atoms with van der Waals surface area (Å²) in [5.74, 6) is 0.418. The van der Waals surface area contributed by atoms with Crippen LogP contribution in [-0.4, -0.2) is 13.0 Å². The molecule has 1 amide bonds. The van der Waals surface area contributed by atoms with Crippen LogP contribution in [0.3, 0.4) is 0 Å². The maximum absolute atomic E-state index is 10.7. The Hall–Kier alpha value is -1.55. The van der Waals surface area contributed by atoms with Gasteiger partial charge in [-0.25, -0.2) is 0 Å². The van der Waals surface area contributed by atoms with Crippen LogP contribution in [0.1, 0.15) is 23.6 Å². The van der Waals surface area contributed by atoms with Crippen molar-refractivity contribution in [2.75, 3.05) is 7.11 Å². The summed E-state index contributed by atoms with van der Waals surface area (Å²) in [5, 5.41) is 0. The number of nitrogens with two attached hydrogens (primary N) is 2. The number of hydrogen-bond acceptors (Lipinski definition) is 3. The van der Waals surface area contributed by atoms with Crippen LogP contribution in [0.25, 0.3) is 0 Å². The second-order valence-electron chi connectivity index (χ2n) is 3.51. The number of carbonyl (C=O) groups is 1. The van der Waals surface area contributed by atoms with E-state index in [1.54, 1.807) is 7.11 Å². The van der Waals surface area contributed by atoms with Crippen molar-refractivity contribution in [1.82, 2.24) is 0 Å². The Balaban J connectivity index is 2.87. The number of rotatable bonds is 4. The molecular formula is C11H16N2O2. The SMILES string of the molecule is COc1ccc([C@H](N)CC(N)=O)cc1C. The average Bonchev–Trinajstić information content (AvgIpc) is 2.16. The fourth-order valence-electron chi connectivity index (χ4n) is 1.47. The van der Waals surface area contributed by atoms with Crippen LogP contribution < -0.4 is 16.2 Å². The van der Waals surface area contributed by atoms with Crippen LogP contribution in [0.15, 0.2) is 18.2 Å². The van der Waals surface area contributed by atoms with Crippen molar-refractivity contribution in [3.63, 3.8) is 0 Å². The Morgan fingerprint density at radius 2 is 2.20 bits per heavy atom. The number of aryl methyl sites for hydroxylation is 1. The van der Waals surface area contributed by atoms with Gasteiger partial charge in [0.25, 0.3) is 0 Å². The van der Waals surface area contributed by atoms with Gasteiger partial charge in [0.05, 0.1) is 7.11 Å². The van der Waals surface area contributed by atoms with E-state index in [1.807, 2.05) is 25.1 Å². The van der Waals surface area contributed by atoms with Gasteiger partial charge in [0, 0.05) is 12.5 Å². The Morgan fingerprint density at radius 1 is 1.53 bits per heavy atom. The van der Waals surface area contributed by atoms with Crippen LogP contribution in [0.4, 0.5) is 0 Å². The second kappa shape index (κ2) is 4.79. The molecule has 0 aliphatic rings.